The maximum atomic E-state index is 2.83. The van der Waals surface area contributed by atoms with Crippen LogP contribution in [0, 0.1) is 56.3 Å². The summed E-state index contributed by atoms with van der Waals surface area (Å²) in [5.74, 6) is 5.33. The molecule has 0 amide bonds. The van der Waals surface area contributed by atoms with Crippen LogP contribution in [0.3, 0.4) is 0 Å². The van der Waals surface area contributed by atoms with Crippen molar-refractivity contribution in [3.63, 3.8) is 0 Å². The Kier molecular flexibility index (Phi) is 9.10. The fourth-order valence-electron chi connectivity index (χ4n) is 19.6. The molecule has 3 aliphatic heterocycles. The standard InChI is InChI=1S/C71H63BN2S2/c1-40-19-41(2)67(42(3)20-40)51-27-57-56-32-65-66(76-64-12-8-7-11-63(64)75-65)33-61(56)74(54-16-13-50(14-17-54)49-9-5-4-6-10-49)72-59-31-53(71-37-46-24-47(38-71)26-48(25-46)39-71)30-58-55-29-52(70-34-43-21-44(35-70)23-45(22-43)36-70)15-18-60(55)73(69(58)59)62(28-51)68(57)72/h4-20,27-33,43-48H,21-26,34-39H2,1-3H3. The van der Waals surface area contributed by atoms with E-state index in [1.54, 1.807) is 11.1 Å². The molecule has 0 spiro atoms. The van der Waals surface area contributed by atoms with Gasteiger partial charge in [-0.1, -0.05) is 108 Å². The number of hydrogen-bond acceptors (Lipinski definition) is 3. The van der Waals surface area contributed by atoms with E-state index in [1.807, 2.05) is 23.5 Å². The minimum absolute atomic E-state index is 0.0308. The Labute approximate surface area is 457 Å². The Hall–Kier alpha value is -5.88. The van der Waals surface area contributed by atoms with Crippen molar-refractivity contribution in [2.45, 2.75) is 128 Å². The number of fused-ring (bicyclic) bond motifs is 9. The van der Waals surface area contributed by atoms with Gasteiger partial charge >= 0.3 is 6.85 Å². The van der Waals surface area contributed by atoms with Crippen LogP contribution in [0.2, 0.25) is 0 Å². The molecule has 0 atom stereocenters. The number of aryl methyl sites for hydroxylation is 3. The quantitative estimate of drug-likeness (QED) is 0.159. The third kappa shape index (κ3) is 6.22. The van der Waals surface area contributed by atoms with Gasteiger partial charge in [0.05, 0.1) is 11.0 Å². The van der Waals surface area contributed by atoms with Gasteiger partial charge in [-0.25, -0.2) is 0 Å². The molecule has 8 aromatic carbocycles. The lowest BCUT2D eigenvalue weighted by Gasteiger charge is -2.57. The molecule has 76 heavy (non-hydrogen) atoms. The maximum Gasteiger partial charge on any atom is 0.333 e. The Morgan fingerprint density at radius 1 is 0.461 bits per heavy atom. The zero-order chi connectivity index (χ0) is 49.9. The van der Waals surface area contributed by atoms with Crippen LogP contribution in [0.15, 0.2) is 165 Å². The largest absolute Gasteiger partial charge is 0.376 e. The van der Waals surface area contributed by atoms with Gasteiger partial charge < -0.3 is 9.38 Å². The molecule has 2 nitrogen and oxygen atoms in total. The van der Waals surface area contributed by atoms with Gasteiger partial charge in [0.15, 0.2) is 0 Å². The van der Waals surface area contributed by atoms with E-state index in [1.165, 1.54) is 196 Å². The summed E-state index contributed by atoms with van der Waals surface area (Å²) in [4.78, 5) is 8.24. The van der Waals surface area contributed by atoms with Gasteiger partial charge in [-0.2, -0.15) is 0 Å². The van der Waals surface area contributed by atoms with Gasteiger partial charge in [-0.05, 0) is 272 Å². The summed E-state index contributed by atoms with van der Waals surface area (Å²) < 4.78 is 2.81. The molecule has 11 aliphatic rings. The lowest BCUT2D eigenvalue weighted by molar-refractivity contribution is -0.00526. The molecule has 372 valence electrons. The molecule has 8 saturated carbocycles. The first kappa shape index (κ1) is 44.1. The highest BCUT2D eigenvalue weighted by Gasteiger charge is 2.54. The fourth-order valence-corrected chi connectivity index (χ4v) is 21.9. The average Bonchev–Trinajstić information content (AvgIpc) is 3.54. The van der Waals surface area contributed by atoms with E-state index in [9.17, 15) is 0 Å². The minimum atomic E-state index is -0.0308. The first-order chi connectivity index (χ1) is 37.2. The SMILES string of the molecule is Cc1cc(C)c(-c2cc3c4c(c2)-n2c5ccc(C67CC8CC(CC(C8)C6)C7)cc5c5cc(C67CC8CC(CC(C8)C6)C7)cc(c52)B4N(c2ccc(-c4ccccc4)cc2)c2cc4c(cc2-3)Sc2ccccc2S4)c(C)c1. The first-order valence-electron chi connectivity index (χ1n) is 29.2. The third-order valence-electron chi connectivity index (χ3n) is 21.5. The van der Waals surface area contributed by atoms with E-state index in [-0.39, 0.29) is 12.3 Å². The number of rotatable bonds is 5. The van der Waals surface area contributed by atoms with Crippen LogP contribution in [0.1, 0.15) is 105 Å². The molecule has 4 heterocycles. The Morgan fingerprint density at radius 2 is 1.03 bits per heavy atom. The lowest BCUT2D eigenvalue weighted by atomic mass is 9.42. The molecule has 20 rings (SSSR count). The van der Waals surface area contributed by atoms with Crippen molar-refractivity contribution in [3.05, 3.63) is 173 Å². The van der Waals surface area contributed by atoms with Crippen molar-refractivity contribution < 1.29 is 0 Å². The number of benzene rings is 8. The summed E-state index contributed by atoms with van der Waals surface area (Å²) >= 11 is 3.91. The predicted octanol–water partition coefficient (Wildman–Crippen LogP) is 17.8. The van der Waals surface area contributed by atoms with Crippen molar-refractivity contribution in [1.29, 1.82) is 0 Å². The number of hydrogen-bond donors (Lipinski definition) is 0. The van der Waals surface area contributed by atoms with Crippen LogP contribution in [-0.4, -0.2) is 11.4 Å². The Balaban J connectivity index is 0.954. The van der Waals surface area contributed by atoms with Crippen molar-refractivity contribution in [3.8, 4) is 39.1 Å². The minimum Gasteiger partial charge on any atom is -0.376 e. The summed E-state index contributed by atoms with van der Waals surface area (Å²) in [5, 5.41) is 3.00. The Bertz CT molecular complexity index is 3920. The smallest absolute Gasteiger partial charge is 0.333 e. The third-order valence-corrected chi connectivity index (χ3v) is 24.1. The second-order valence-corrected chi connectivity index (χ2v) is 28.5. The molecule has 8 aliphatic carbocycles. The van der Waals surface area contributed by atoms with Gasteiger partial charge in [0.25, 0.3) is 0 Å². The molecular weight excluding hydrogens is 956 g/mol. The van der Waals surface area contributed by atoms with Crippen molar-refractivity contribution >= 4 is 74.5 Å². The fraction of sp³-hybridized carbons (Fsp3) is 0.324. The first-order valence-corrected chi connectivity index (χ1v) is 30.8. The van der Waals surface area contributed by atoms with Gasteiger partial charge in [-0.3, -0.25) is 0 Å². The number of aromatic nitrogens is 1. The van der Waals surface area contributed by atoms with E-state index in [0.29, 0.717) is 5.41 Å². The van der Waals surface area contributed by atoms with E-state index in [2.05, 4.69) is 176 Å². The van der Waals surface area contributed by atoms with Crippen molar-refractivity contribution in [2.75, 3.05) is 4.81 Å². The van der Waals surface area contributed by atoms with Crippen LogP contribution < -0.4 is 15.7 Å². The molecule has 1 aromatic heterocycles. The van der Waals surface area contributed by atoms with E-state index in [4.69, 9.17) is 0 Å². The molecule has 9 aromatic rings. The second kappa shape index (κ2) is 15.7. The molecule has 0 radical (unpaired) electrons. The van der Waals surface area contributed by atoms with Gasteiger partial charge in [-0.15, -0.1) is 0 Å². The van der Waals surface area contributed by atoms with E-state index in [0.717, 1.165) is 35.5 Å². The predicted molar refractivity (Wildman–Crippen MR) is 319 cm³/mol. The van der Waals surface area contributed by atoms with E-state index < -0.39 is 0 Å². The van der Waals surface area contributed by atoms with Crippen LogP contribution in [0.25, 0.3) is 60.9 Å². The average molecular weight is 1020 g/mol. The van der Waals surface area contributed by atoms with E-state index >= 15 is 0 Å². The summed E-state index contributed by atoms with van der Waals surface area (Å²) in [6, 6.07) is 58.7. The normalized spacial score (nSPS) is 27.5. The summed E-state index contributed by atoms with van der Waals surface area (Å²) in [7, 11) is 0. The molecule has 0 N–H and O–H groups in total. The highest BCUT2D eigenvalue weighted by atomic mass is 32.2. The van der Waals surface area contributed by atoms with Gasteiger partial charge in [0, 0.05) is 53.0 Å². The summed E-state index contributed by atoms with van der Waals surface area (Å²) in [5.41, 5.74) is 25.6. The monoisotopic (exact) mass is 1020 g/mol. The highest BCUT2D eigenvalue weighted by Crippen LogP contribution is 2.63. The molecule has 8 fully saturated rings. The zero-order valence-electron chi connectivity index (χ0n) is 44.1. The second-order valence-electron chi connectivity index (χ2n) is 26.3. The van der Waals surface area contributed by atoms with Gasteiger partial charge in [0.1, 0.15) is 0 Å². The molecule has 8 bridgehead atoms. The highest BCUT2D eigenvalue weighted by molar-refractivity contribution is 8.05. The summed E-state index contributed by atoms with van der Waals surface area (Å²) in [6.07, 6.45) is 17.1. The molecular formula is C71H63BN2S2. The van der Waals surface area contributed by atoms with Crippen LogP contribution in [0.4, 0.5) is 11.4 Å². The van der Waals surface area contributed by atoms with Crippen LogP contribution >= 0.6 is 23.5 Å². The van der Waals surface area contributed by atoms with Crippen LogP contribution in [-0.2, 0) is 10.8 Å². The van der Waals surface area contributed by atoms with Gasteiger partial charge in [0.2, 0.25) is 0 Å². The summed E-state index contributed by atoms with van der Waals surface area (Å²) in [6.45, 7) is 6.91. The topological polar surface area (TPSA) is 8.17 Å². The zero-order valence-corrected chi connectivity index (χ0v) is 45.7. The lowest BCUT2D eigenvalue weighted by Crippen LogP contribution is -2.61. The molecule has 5 heteroatoms. The molecule has 0 unspecified atom stereocenters. The Morgan fingerprint density at radius 3 is 1.66 bits per heavy atom. The number of nitrogens with zero attached hydrogens (tertiary/aromatic N) is 2. The number of anilines is 2. The van der Waals surface area contributed by atoms with Crippen molar-refractivity contribution in [2.24, 2.45) is 35.5 Å². The van der Waals surface area contributed by atoms with Crippen molar-refractivity contribution in [1.82, 2.24) is 4.57 Å². The maximum absolute atomic E-state index is 2.83. The van der Waals surface area contributed by atoms with Crippen LogP contribution in [0.5, 0.6) is 0 Å². The molecule has 0 saturated heterocycles.